The van der Waals surface area contributed by atoms with E-state index in [2.05, 4.69) is 10.5 Å². The maximum Gasteiger partial charge on any atom is 0.326 e. The van der Waals surface area contributed by atoms with Crippen LogP contribution in [0.2, 0.25) is 0 Å². The first-order valence-corrected chi connectivity index (χ1v) is 12.6. The number of benzene rings is 3. The lowest BCUT2D eigenvalue weighted by atomic mass is 9.94. The predicted octanol–water partition coefficient (Wildman–Crippen LogP) is 5.89. The van der Waals surface area contributed by atoms with Crippen LogP contribution in [0.5, 0.6) is 11.5 Å². The van der Waals surface area contributed by atoms with Gasteiger partial charge in [-0.2, -0.15) is 4.98 Å². The van der Waals surface area contributed by atoms with Gasteiger partial charge < -0.3 is 19.3 Å². The van der Waals surface area contributed by atoms with Crippen LogP contribution in [0.3, 0.4) is 0 Å². The van der Waals surface area contributed by atoms with Crippen molar-refractivity contribution in [3.05, 3.63) is 89.9 Å². The fourth-order valence-corrected chi connectivity index (χ4v) is 4.92. The summed E-state index contributed by atoms with van der Waals surface area (Å²) in [7, 11) is 0. The van der Waals surface area contributed by atoms with E-state index < -0.39 is 6.04 Å². The zero-order chi connectivity index (χ0) is 24.6. The molecule has 0 saturated carbocycles. The zero-order valence-corrected chi connectivity index (χ0v) is 20.4. The van der Waals surface area contributed by atoms with Crippen LogP contribution >= 0.6 is 11.8 Å². The summed E-state index contributed by atoms with van der Waals surface area (Å²) in [6, 6.07) is 22.4. The molecule has 1 unspecified atom stereocenters. The van der Waals surface area contributed by atoms with Gasteiger partial charge in [0, 0.05) is 16.2 Å². The molecule has 8 nitrogen and oxygen atoms in total. The Balaban J connectivity index is 1.47. The number of anilines is 1. The van der Waals surface area contributed by atoms with E-state index in [0.29, 0.717) is 28.9 Å². The lowest BCUT2D eigenvalue weighted by Gasteiger charge is -2.35. The van der Waals surface area contributed by atoms with Crippen molar-refractivity contribution in [3.63, 3.8) is 0 Å². The Morgan fingerprint density at radius 2 is 1.83 bits per heavy atom. The maximum absolute atomic E-state index is 13.4. The average Bonchev–Trinajstić information content (AvgIpc) is 3.58. The number of carbonyl (C=O) groups is 1. The molecule has 2 amide bonds. The largest absolute Gasteiger partial charge is 0.454 e. The SMILES string of the molecule is CSc1cccc(N2C(=O)NC(c3ccccc3)C(c3nc(-c4ccc5c(c4)OCO5)no3)=C2C)c1. The van der Waals surface area contributed by atoms with Gasteiger partial charge in [0.2, 0.25) is 12.6 Å². The van der Waals surface area contributed by atoms with Crippen molar-refractivity contribution < 1.29 is 18.8 Å². The Morgan fingerprint density at radius 1 is 1.00 bits per heavy atom. The standard InChI is InChI=1S/C27H22N4O4S/c1-16-23(26-29-25(30-35-26)18-11-12-21-22(13-18)34-15-33-21)24(17-7-4-3-5-8-17)28-27(32)31(16)19-9-6-10-20(14-19)36-2/h3-14,24H,15H2,1-2H3,(H,28,32). The summed E-state index contributed by atoms with van der Waals surface area (Å²) in [6.45, 7) is 2.09. The van der Waals surface area contributed by atoms with Crippen LogP contribution in [0.4, 0.5) is 10.5 Å². The maximum atomic E-state index is 13.4. The number of amides is 2. The molecule has 0 aliphatic carbocycles. The molecule has 1 N–H and O–H groups in total. The Morgan fingerprint density at radius 3 is 2.67 bits per heavy atom. The summed E-state index contributed by atoms with van der Waals surface area (Å²) < 4.78 is 16.7. The van der Waals surface area contributed by atoms with Crippen LogP contribution in [-0.2, 0) is 0 Å². The van der Waals surface area contributed by atoms with Crippen LogP contribution < -0.4 is 19.7 Å². The van der Waals surface area contributed by atoms with Crippen LogP contribution in [0.15, 0.2) is 87.9 Å². The second kappa shape index (κ2) is 9.09. The molecule has 1 atom stereocenters. The molecule has 9 heteroatoms. The first-order valence-electron chi connectivity index (χ1n) is 11.4. The number of fused-ring (bicyclic) bond motifs is 1. The molecule has 0 radical (unpaired) electrons. The third-order valence-corrected chi connectivity index (χ3v) is 6.94. The second-order valence-electron chi connectivity index (χ2n) is 8.32. The number of hydrogen-bond donors (Lipinski definition) is 1. The number of urea groups is 1. The highest BCUT2D eigenvalue weighted by Gasteiger charge is 2.36. The van der Waals surface area contributed by atoms with Gasteiger partial charge in [-0.1, -0.05) is 41.6 Å². The van der Waals surface area contributed by atoms with Crippen molar-refractivity contribution in [3.8, 4) is 22.9 Å². The second-order valence-corrected chi connectivity index (χ2v) is 9.20. The topological polar surface area (TPSA) is 89.7 Å². The molecule has 3 heterocycles. The van der Waals surface area contributed by atoms with Crippen molar-refractivity contribution in [1.82, 2.24) is 15.5 Å². The molecule has 0 saturated heterocycles. The predicted molar refractivity (Wildman–Crippen MR) is 137 cm³/mol. The Bertz CT molecular complexity index is 1480. The van der Waals surface area contributed by atoms with Gasteiger partial charge >= 0.3 is 6.03 Å². The fraction of sp³-hybridized carbons (Fsp3) is 0.148. The van der Waals surface area contributed by atoms with Crippen molar-refractivity contribution >= 4 is 29.1 Å². The number of ether oxygens (including phenoxy) is 2. The highest BCUT2D eigenvalue weighted by atomic mass is 32.2. The number of hydrogen-bond acceptors (Lipinski definition) is 7. The Hall–Kier alpha value is -4.24. The molecule has 2 aliphatic rings. The number of nitrogens with zero attached hydrogens (tertiary/aromatic N) is 3. The molecule has 0 fully saturated rings. The summed E-state index contributed by atoms with van der Waals surface area (Å²) in [5, 5.41) is 7.38. The van der Waals surface area contributed by atoms with Gasteiger partial charge in [-0.15, -0.1) is 11.8 Å². The molecule has 4 aromatic rings. The lowest BCUT2D eigenvalue weighted by molar-refractivity contribution is 0.174. The van der Waals surface area contributed by atoms with Gasteiger partial charge in [0.05, 0.1) is 17.3 Å². The molecule has 3 aromatic carbocycles. The van der Waals surface area contributed by atoms with E-state index in [4.69, 9.17) is 19.0 Å². The highest BCUT2D eigenvalue weighted by Crippen LogP contribution is 2.40. The van der Waals surface area contributed by atoms with Crippen molar-refractivity contribution in [2.45, 2.75) is 17.9 Å². The summed E-state index contributed by atoms with van der Waals surface area (Å²) in [4.78, 5) is 20.8. The van der Waals surface area contributed by atoms with Crippen LogP contribution in [0, 0.1) is 0 Å². The van der Waals surface area contributed by atoms with Gasteiger partial charge in [-0.3, -0.25) is 4.90 Å². The van der Waals surface area contributed by atoms with Gasteiger partial charge in [0.25, 0.3) is 5.89 Å². The Kier molecular flexibility index (Phi) is 5.61. The first-order chi connectivity index (χ1) is 17.6. The van der Waals surface area contributed by atoms with Crippen molar-refractivity contribution in [1.29, 1.82) is 0 Å². The normalized spacial score (nSPS) is 16.9. The minimum atomic E-state index is -0.455. The molecule has 1 aromatic heterocycles. The van der Waals surface area contributed by atoms with Crippen molar-refractivity contribution in [2.24, 2.45) is 0 Å². The van der Waals surface area contributed by atoms with E-state index in [0.717, 1.165) is 27.3 Å². The first kappa shape index (κ1) is 22.2. The van der Waals surface area contributed by atoms with Gasteiger partial charge in [0.15, 0.2) is 11.5 Å². The van der Waals surface area contributed by atoms with E-state index in [9.17, 15) is 4.79 Å². The smallest absolute Gasteiger partial charge is 0.326 e. The zero-order valence-electron chi connectivity index (χ0n) is 19.6. The van der Waals surface area contributed by atoms with Crippen LogP contribution in [0.25, 0.3) is 17.0 Å². The number of carbonyl (C=O) groups excluding carboxylic acids is 1. The minimum Gasteiger partial charge on any atom is -0.454 e. The monoisotopic (exact) mass is 498 g/mol. The van der Waals surface area contributed by atoms with E-state index in [-0.39, 0.29) is 12.8 Å². The van der Waals surface area contributed by atoms with E-state index in [1.165, 1.54) is 0 Å². The highest BCUT2D eigenvalue weighted by molar-refractivity contribution is 7.98. The molecular formula is C27H22N4O4S. The third-order valence-electron chi connectivity index (χ3n) is 6.22. The number of nitrogens with one attached hydrogen (secondary N) is 1. The lowest BCUT2D eigenvalue weighted by Crippen LogP contribution is -2.46. The summed E-state index contributed by atoms with van der Waals surface area (Å²) >= 11 is 1.62. The van der Waals surface area contributed by atoms with Crippen LogP contribution in [-0.4, -0.2) is 29.2 Å². The number of aromatic nitrogens is 2. The fourth-order valence-electron chi connectivity index (χ4n) is 4.46. The molecule has 0 bridgehead atoms. The number of thioether (sulfide) groups is 1. The molecular weight excluding hydrogens is 476 g/mol. The molecule has 180 valence electrons. The summed E-state index contributed by atoms with van der Waals surface area (Å²) in [5.74, 6) is 2.08. The molecule has 2 aliphatic heterocycles. The van der Waals surface area contributed by atoms with Crippen molar-refractivity contribution in [2.75, 3.05) is 17.9 Å². The number of allylic oxidation sites excluding steroid dienone is 1. The van der Waals surface area contributed by atoms with E-state index >= 15 is 0 Å². The van der Waals surface area contributed by atoms with Gasteiger partial charge in [-0.05, 0) is 55.1 Å². The minimum absolute atomic E-state index is 0.189. The van der Waals surface area contributed by atoms with Crippen LogP contribution in [0.1, 0.15) is 24.4 Å². The Labute approximate surface area is 211 Å². The summed E-state index contributed by atoms with van der Waals surface area (Å²) in [6.07, 6.45) is 2.01. The quantitative estimate of drug-likeness (QED) is 0.343. The average molecular weight is 499 g/mol. The number of rotatable bonds is 5. The molecule has 36 heavy (non-hydrogen) atoms. The molecule has 0 spiro atoms. The third kappa shape index (κ3) is 3.87. The van der Waals surface area contributed by atoms with Gasteiger partial charge in [0.1, 0.15) is 0 Å². The van der Waals surface area contributed by atoms with E-state index in [1.54, 1.807) is 16.7 Å². The van der Waals surface area contributed by atoms with E-state index in [1.807, 2.05) is 86.0 Å². The summed E-state index contributed by atoms with van der Waals surface area (Å²) in [5.41, 5.74) is 3.87. The molecule has 6 rings (SSSR count). The van der Waals surface area contributed by atoms with Gasteiger partial charge in [-0.25, -0.2) is 4.79 Å².